The van der Waals surface area contributed by atoms with Gasteiger partial charge in [-0.3, -0.25) is 0 Å². The van der Waals surface area contributed by atoms with Gasteiger partial charge in [-0.05, 0) is 47.8 Å². The molecule has 0 aliphatic rings. The van der Waals surface area contributed by atoms with Crippen molar-refractivity contribution < 1.29 is 18.4 Å². The Bertz CT molecular complexity index is 1050. The summed E-state index contributed by atoms with van der Waals surface area (Å²) in [5, 5.41) is 17.7. The van der Waals surface area contributed by atoms with E-state index in [0.717, 1.165) is 6.07 Å². The first kappa shape index (κ1) is 21.0. The van der Waals surface area contributed by atoms with Crippen LogP contribution in [0.1, 0.15) is 16.0 Å². The quantitative estimate of drug-likeness (QED) is 0.214. The van der Waals surface area contributed by atoms with Gasteiger partial charge in [0.15, 0.2) is 0 Å². The predicted molar refractivity (Wildman–Crippen MR) is 111 cm³/mol. The molecule has 0 saturated carbocycles. The molecular formula is C18H10BrCl2F3N2OS. The zero-order chi connectivity index (χ0) is 20.5. The van der Waals surface area contributed by atoms with Crippen LogP contribution < -0.4 is 5.32 Å². The van der Waals surface area contributed by atoms with Crippen molar-refractivity contribution in [2.45, 2.75) is 6.18 Å². The van der Waals surface area contributed by atoms with Crippen LogP contribution in [-0.4, -0.2) is 10.9 Å². The van der Waals surface area contributed by atoms with Crippen molar-refractivity contribution in [1.29, 1.82) is 0 Å². The number of thiophene rings is 1. The van der Waals surface area contributed by atoms with Gasteiger partial charge in [-0.1, -0.05) is 44.3 Å². The van der Waals surface area contributed by atoms with Crippen LogP contribution in [0.4, 0.5) is 24.5 Å². The van der Waals surface area contributed by atoms with Crippen LogP contribution in [0.2, 0.25) is 10.0 Å². The SMILES string of the molecule is ON=C(c1ccc(Nc2ccc(Br)cc2C(F)(F)F)cc1Cl)c1sccc1Cl. The third-order valence-corrected chi connectivity index (χ3v) is 5.88. The molecule has 0 fully saturated rings. The van der Waals surface area contributed by atoms with Gasteiger partial charge >= 0.3 is 6.18 Å². The summed E-state index contributed by atoms with van der Waals surface area (Å²) in [6.45, 7) is 0. The number of hydrogen-bond acceptors (Lipinski definition) is 4. The molecule has 0 atom stereocenters. The van der Waals surface area contributed by atoms with Crippen LogP contribution in [0.3, 0.4) is 0 Å². The first-order valence-corrected chi connectivity index (χ1v) is 10.0. The number of anilines is 2. The van der Waals surface area contributed by atoms with E-state index < -0.39 is 11.7 Å². The molecule has 1 aromatic heterocycles. The predicted octanol–water partition coefficient (Wildman–Crippen LogP) is 7.81. The maximum atomic E-state index is 13.3. The van der Waals surface area contributed by atoms with Crippen molar-refractivity contribution in [2.75, 3.05) is 5.32 Å². The van der Waals surface area contributed by atoms with Crippen LogP contribution in [-0.2, 0) is 6.18 Å². The fraction of sp³-hybridized carbons (Fsp3) is 0.0556. The largest absolute Gasteiger partial charge is 0.418 e. The average Bonchev–Trinajstić information content (AvgIpc) is 3.04. The first-order chi connectivity index (χ1) is 13.2. The second kappa shape index (κ2) is 8.32. The number of benzene rings is 2. The lowest BCUT2D eigenvalue weighted by Crippen LogP contribution is -2.09. The number of rotatable bonds is 4. The van der Waals surface area contributed by atoms with E-state index in [0.29, 0.717) is 25.6 Å². The Hall–Kier alpha value is -1.74. The van der Waals surface area contributed by atoms with Gasteiger partial charge in [0.2, 0.25) is 0 Å². The van der Waals surface area contributed by atoms with Crippen LogP contribution in [0.15, 0.2) is 57.5 Å². The van der Waals surface area contributed by atoms with Crippen molar-refractivity contribution in [3.05, 3.63) is 78.4 Å². The summed E-state index contributed by atoms with van der Waals surface area (Å²) in [5.41, 5.74) is -0.0138. The standard InChI is InChI=1S/C18H10BrCl2F3N2OS/c19-9-1-4-15(12(7-9)18(22,23)24)25-10-2-3-11(14(21)8-10)16(26-27)17-13(20)5-6-28-17/h1-8,25,27H. The molecule has 3 nitrogen and oxygen atoms in total. The number of nitrogens with zero attached hydrogens (tertiary/aromatic N) is 1. The van der Waals surface area contributed by atoms with E-state index in [-0.39, 0.29) is 16.4 Å². The van der Waals surface area contributed by atoms with E-state index >= 15 is 0 Å². The lowest BCUT2D eigenvalue weighted by Gasteiger charge is -2.16. The van der Waals surface area contributed by atoms with Gasteiger partial charge < -0.3 is 10.5 Å². The van der Waals surface area contributed by atoms with Gasteiger partial charge in [0.1, 0.15) is 5.71 Å². The highest BCUT2D eigenvalue weighted by Gasteiger charge is 2.33. The molecule has 0 unspecified atom stereocenters. The number of nitrogens with one attached hydrogen (secondary N) is 1. The van der Waals surface area contributed by atoms with Crippen molar-refractivity contribution in [1.82, 2.24) is 0 Å². The fourth-order valence-corrected chi connectivity index (χ4v) is 4.26. The highest BCUT2D eigenvalue weighted by Crippen LogP contribution is 2.38. The molecule has 0 saturated heterocycles. The Morgan fingerprint density at radius 2 is 1.82 bits per heavy atom. The summed E-state index contributed by atoms with van der Waals surface area (Å²) >= 11 is 16.7. The normalized spacial score (nSPS) is 12.3. The van der Waals surface area contributed by atoms with Crippen LogP contribution in [0, 0.1) is 0 Å². The molecule has 10 heteroatoms. The van der Waals surface area contributed by atoms with Gasteiger partial charge in [-0.25, -0.2) is 0 Å². The van der Waals surface area contributed by atoms with E-state index in [1.165, 1.54) is 35.6 Å². The molecule has 3 aromatic rings. The molecule has 0 aliphatic heterocycles. The zero-order valence-electron chi connectivity index (χ0n) is 13.7. The van der Waals surface area contributed by atoms with E-state index in [1.807, 2.05) is 0 Å². The van der Waals surface area contributed by atoms with Crippen LogP contribution >= 0.6 is 50.5 Å². The molecule has 0 radical (unpaired) electrons. The van der Waals surface area contributed by atoms with Crippen molar-refractivity contribution in [3.8, 4) is 0 Å². The summed E-state index contributed by atoms with van der Waals surface area (Å²) in [5.74, 6) is 0. The van der Waals surface area contributed by atoms with Gasteiger partial charge in [0.25, 0.3) is 0 Å². The van der Waals surface area contributed by atoms with E-state index in [1.54, 1.807) is 17.5 Å². The summed E-state index contributed by atoms with van der Waals surface area (Å²) in [7, 11) is 0. The molecule has 0 bridgehead atoms. The molecular weight excluding hydrogens is 500 g/mol. The monoisotopic (exact) mass is 508 g/mol. The van der Waals surface area contributed by atoms with Crippen molar-refractivity contribution in [3.63, 3.8) is 0 Å². The molecule has 28 heavy (non-hydrogen) atoms. The number of oxime groups is 1. The summed E-state index contributed by atoms with van der Waals surface area (Å²) in [6.07, 6.45) is -4.53. The summed E-state index contributed by atoms with van der Waals surface area (Å²) < 4.78 is 40.2. The lowest BCUT2D eigenvalue weighted by atomic mass is 10.1. The third-order valence-electron chi connectivity index (χ3n) is 3.72. The fourth-order valence-electron chi connectivity index (χ4n) is 2.48. The Labute approximate surface area is 180 Å². The Balaban J connectivity index is 1.95. The molecule has 0 spiro atoms. The van der Waals surface area contributed by atoms with Gasteiger partial charge in [-0.15, -0.1) is 11.3 Å². The van der Waals surface area contributed by atoms with Crippen LogP contribution in [0.25, 0.3) is 0 Å². The number of alkyl halides is 3. The molecule has 1 heterocycles. The average molecular weight is 510 g/mol. The molecule has 0 amide bonds. The topological polar surface area (TPSA) is 44.6 Å². The summed E-state index contributed by atoms with van der Waals surface area (Å²) in [6, 6.07) is 10.0. The molecule has 146 valence electrons. The van der Waals surface area contributed by atoms with E-state index in [2.05, 4.69) is 26.4 Å². The minimum absolute atomic E-state index is 0.114. The van der Waals surface area contributed by atoms with Gasteiger partial charge in [0, 0.05) is 15.7 Å². The highest BCUT2D eigenvalue weighted by molar-refractivity contribution is 9.10. The van der Waals surface area contributed by atoms with E-state index in [9.17, 15) is 18.4 Å². The first-order valence-electron chi connectivity index (χ1n) is 7.60. The van der Waals surface area contributed by atoms with E-state index in [4.69, 9.17) is 23.2 Å². The number of halogens is 6. The maximum Gasteiger partial charge on any atom is 0.418 e. The van der Waals surface area contributed by atoms with Crippen molar-refractivity contribution >= 4 is 67.6 Å². The Morgan fingerprint density at radius 3 is 2.39 bits per heavy atom. The molecule has 3 rings (SSSR count). The highest BCUT2D eigenvalue weighted by atomic mass is 79.9. The molecule has 0 aliphatic carbocycles. The summed E-state index contributed by atoms with van der Waals surface area (Å²) in [4.78, 5) is 0.527. The zero-order valence-corrected chi connectivity index (χ0v) is 17.6. The molecule has 2 aromatic carbocycles. The number of hydrogen-bond donors (Lipinski definition) is 2. The smallest absolute Gasteiger partial charge is 0.410 e. The third kappa shape index (κ3) is 4.46. The van der Waals surface area contributed by atoms with Crippen LogP contribution in [0.5, 0.6) is 0 Å². The second-order valence-electron chi connectivity index (χ2n) is 5.55. The minimum Gasteiger partial charge on any atom is -0.410 e. The van der Waals surface area contributed by atoms with Crippen molar-refractivity contribution in [2.24, 2.45) is 5.16 Å². The lowest BCUT2D eigenvalue weighted by molar-refractivity contribution is -0.137. The van der Waals surface area contributed by atoms with Gasteiger partial charge in [0.05, 0.1) is 26.2 Å². The molecule has 2 N–H and O–H groups in total. The van der Waals surface area contributed by atoms with Gasteiger partial charge in [-0.2, -0.15) is 13.2 Å². The minimum atomic E-state index is -4.53. The second-order valence-corrected chi connectivity index (χ2v) is 8.20. The Kier molecular flexibility index (Phi) is 6.24. The Morgan fingerprint density at radius 1 is 1.07 bits per heavy atom. The maximum absolute atomic E-state index is 13.3.